The summed E-state index contributed by atoms with van der Waals surface area (Å²) in [6.45, 7) is 17.9. The second-order valence-electron chi connectivity index (χ2n) is 11.4. The second-order valence-corrected chi connectivity index (χ2v) is 11.4. The molecule has 7 atom stereocenters. The van der Waals surface area contributed by atoms with Gasteiger partial charge in [-0.25, -0.2) is 0 Å². The molecule has 0 amide bonds. The van der Waals surface area contributed by atoms with E-state index in [2.05, 4.69) is 20.4 Å². The van der Waals surface area contributed by atoms with Crippen LogP contribution in [0.5, 0.6) is 0 Å². The maximum Gasteiger partial charge on any atom is 0.303 e. The van der Waals surface area contributed by atoms with E-state index in [-0.39, 0.29) is 17.8 Å². The highest BCUT2D eigenvalue weighted by molar-refractivity contribution is 5.69. The Balaban J connectivity index is 2.27. The lowest BCUT2D eigenvalue weighted by atomic mass is 9.50. The number of hydrogen-bond donors (Lipinski definition) is 0. The first-order valence-corrected chi connectivity index (χ1v) is 12.7. The van der Waals surface area contributed by atoms with Gasteiger partial charge in [0.2, 0.25) is 0 Å². The van der Waals surface area contributed by atoms with Crippen molar-refractivity contribution in [3.05, 3.63) is 23.3 Å². The zero-order chi connectivity index (χ0) is 27.2. The maximum absolute atomic E-state index is 12.4. The predicted octanol–water partition coefficient (Wildman–Crippen LogP) is 4.45. The van der Waals surface area contributed by atoms with Gasteiger partial charge in [0, 0.05) is 33.1 Å². The maximum atomic E-state index is 12.4. The lowest BCUT2D eigenvalue weighted by molar-refractivity contribution is -0.187. The summed E-state index contributed by atoms with van der Waals surface area (Å²) in [7, 11) is 0. The highest BCUT2D eigenvalue weighted by Gasteiger charge is 2.60. The second kappa shape index (κ2) is 10.0. The van der Waals surface area contributed by atoms with Crippen molar-refractivity contribution in [1.29, 1.82) is 0 Å². The minimum atomic E-state index is -0.867. The molecule has 36 heavy (non-hydrogen) atoms. The molecule has 200 valence electrons. The average molecular weight is 505 g/mol. The van der Waals surface area contributed by atoms with Gasteiger partial charge < -0.3 is 18.9 Å². The molecular weight excluding hydrogens is 464 g/mol. The Morgan fingerprint density at radius 3 is 1.86 bits per heavy atom. The van der Waals surface area contributed by atoms with E-state index in [0.717, 1.165) is 16.7 Å². The smallest absolute Gasteiger partial charge is 0.303 e. The zero-order valence-corrected chi connectivity index (χ0v) is 22.8. The summed E-state index contributed by atoms with van der Waals surface area (Å²) in [4.78, 5) is 48.7. The molecule has 8 nitrogen and oxygen atoms in total. The summed E-state index contributed by atoms with van der Waals surface area (Å²) >= 11 is 0. The van der Waals surface area contributed by atoms with E-state index >= 15 is 0 Å². The van der Waals surface area contributed by atoms with E-state index < -0.39 is 53.2 Å². The highest BCUT2D eigenvalue weighted by Crippen LogP contribution is 2.60. The average Bonchev–Trinajstić information content (AvgIpc) is 2.72. The number of rotatable bonds is 4. The standard InChI is InChI=1S/C28H40O8/c1-14-21-12-20-13-23(34-17(4)30)15(2)24(27(20,7)8)25(35-18(5)31)26(36-19(6)32)28(21,9)11-10-22(14)33-16(3)29/h20-23,25-26H,1,10-13H2,2-9H3/t20-,21+,22+,23+,25+,26+,28-/m1/s1. The molecule has 0 N–H and O–H groups in total. The summed E-state index contributed by atoms with van der Waals surface area (Å²) in [6.07, 6.45) is -0.234. The Labute approximate surface area is 213 Å². The van der Waals surface area contributed by atoms with Crippen LogP contribution in [0, 0.1) is 22.7 Å². The Bertz CT molecular complexity index is 992. The molecule has 0 aromatic heterocycles. The van der Waals surface area contributed by atoms with Crippen molar-refractivity contribution in [3.63, 3.8) is 0 Å². The minimum Gasteiger partial charge on any atom is -0.458 e. The predicted molar refractivity (Wildman–Crippen MR) is 131 cm³/mol. The first kappa shape index (κ1) is 27.9. The van der Waals surface area contributed by atoms with Gasteiger partial charge >= 0.3 is 23.9 Å². The topological polar surface area (TPSA) is 105 Å². The van der Waals surface area contributed by atoms with Crippen molar-refractivity contribution in [2.24, 2.45) is 22.7 Å². The molecule has 0 spiro atoms. The van der Waals surface area contributed by atoms with Crippen LogP contribution < -0.4 is 0 Å². The fourth-order valence-electron chi connectivity index (χ4n) is 6.95. The number of carbonyl (C=O) groups excluding carboxylic acids is 4. The van der Waals surface area contributed by atoms with Gasteiger partial charge in [0.05, 0.1) is 0 Å². The van der Waals surface area contributed by atoms with Gasteiger partial charge in [-0.1, -0.05) is 27.4 Å². The van der Waals surface area contributed by atoms with Crippen molar-refractivity contribution < 1.29 is 38.1 Å². The van der Waals surface area contributed by atoms with E-state index in [1.54, 1.807) is 0 Å². The quantitative estimate of drug-likeness (QED) is 0.314. The number of esters is 4. The summed E-state index contributed by atoms with van der Waals surface area (Å²) in [5.41, 5.74) is 1.33. The van der Waals surface area contributed by atoms with E-state index in [4.69, 9.17) is 18.9 Å². The normalized spacial score (nSPS) is 35.5. The number of carbonyl (C=O) groups is 4. The Hall–Kier alpha value is -2.64. The lowest BCUT2D eigenvalue weighted by Crippen LogP contribution is -2.59. The molecule has 0 radical (unpaired) electrons. The van der Waals surface area contributed by atoms with Crippen LogP contribution in [-0.4, -0.2) is 48.3 Å². The Morgan fingerprint density at radius 2 is 1.33 bits per heavy atom. The largest absolute Gasteiger partial charge is 0.458 e. The molecular formula is C28H40O8. The van der Waals surface area contributed by atoms with Crippen LogP contribution in [-0.2, 0) is 38.1 Å². The van der Waals surface area contributed by atoms with Gasteiger partial charge in [-0.2, -0.15) is 0 Å². The van der Waals surface area contributed by atoms with Gasteiger partial charge in [-0.3, -0.25) is 19.2 Å². The SMILES string of the molecule is C=C1[C@@H](OC(C)=O)CC[C@]2(C)[C@H]1C[C@@H]1C[C@H](OC(C)=O)C(C)=C([C@H](OC(C)=O)[C@@H]2OC(C)=O)C1(C)C. The molecule has 8 heteroatoms. The lowest BCUT2D eigenvalue weighted by Gasteiger charge is -2.58. The van der Waals surface area contributed by atoms with Crippen molar-refractivity contribution in [2.45, 2.75) is 105 Å². The van der Waals surface area contributed by atoms with Crippen LogP contribution in [0.3, 0.4) is 0 Å². The molecule has 3 aliphatic carbocycles. The summed E-state index contributed by atoms with van der Waals surface area (Å²) in [5.74, 6) is -1.90. The van der Waals surface area contributed by atoms with Crippen LogP contribution in [0.4, 0.5) is 0 Å². The third-order valence-electron chi connectivity index (χ3n) is 8.66. The minimum absolute atomic E-state index is 0.0361. The number of fused-ring (bicyclic) bond motifs is 3. The van der Waals surface area contributed by atoms with Gasteiger partial charge in [0.25, 0.3) is 0 Å². The molecule has 2 fully saturated rings. The summed E-state index contributed by atoms with van der Waals surface area (Å²) in [6, 6.07) is 0. The molecule has 3 aliphatic rings. The first-order valence-electron chi connectivity index (χ1n) is 12.7. The Kier molecular flexibility index (Phi) is 7.78. The molecule has 0 aliphatic heterocycles. The van der Waals surface area contributed by atoms with E-state index in [9.17, 15) is 19.2 Å². The number of ether oxygens (including phenoxy) is 4. The van der Waals surface area contributed by atoms with Crippen LogP contribution in [0.1, 0.15) is 81.1 Å². The molecule has 0 aromatic rings. The fraction of sp³-hybridized carbons (Fsp3) is 0.714. The molecule has 3 rings (SSSR count). The monoisotopic (exact) mass is 504 g/mol. The fourth-order valence-corrected chi connectivity index (χ4v) is 6.95. The van der Waals surface area contributed by atoms with Gasteiger partial charge in [-0.15, -0.1) is 0 Å². The van der Waals surface area contributed by atoms with Gasteiger partial charge in [0.15, 0.2) is 6.10 Å². The Morgan fingerprint density at radius 1 is 0.806 bits per heavy atom. The molecule has 0 aromatic carbocycles. The van der Waals surface area contributed by atoms with Crippen molar-refractivity contribution in [2.75, 3.05) is 0 Å². The molecule has 0 saturated heterocycles. The highest BCUT2D eigenvalue weighted by atomic mass is 16.6. The molecule has 2 bridgehead atoms. The van der Waals surface area contributed by atoms with Crippen molar-refractivity contribution in [3.8, 4) is 0 Å². The molecule has 2 saturated carbocycles. The van der Waals surface area contributed by atoms with E-state index in [1.165, 1.54) is 27.7 Å². The molecule has 0 unspecified atom stereocenters. The van der Waals surface area contributed by atoms with Crippen LogP contribution in [0.15, 0.2) is 23.3 Å². The summed E-state index contributed by atoms with van der Waals surface area (Å²) < 4.78 is 23.4. The van der Waals surface area contributed by atoms with Crippen molar-refractivity contribution >= 4 is 23.9 Å². The van der Waals surface area contributed by atoms with Gasteiger partial charge in [0.1, 0.15) is 18.3 Å². The zero-order valence-electron chi connectivity index (χ0n) is 22.8. The third-order valence-corrected chi connectivity index (χ3v) is 8.66. The summed E-state index contributed by atoms with van der Waals surface area (Å²) in [5, 5.41) is 0. The van der Waals surface area contributed by atoms with Crippen LogP contribution in [0.2, 0.25) is 0 Å². The van der Waals surface area contributed by atoms with Crippen molar-refractivity contribution in [1.82, 2.24) is 0 Å². The van der Waals surface area contributed by atoms with E-state index in [0.29, 0.717) is 25.7 Å². The van der Waals surface area contributed by atoms with E-state index in [1.807, 2.05) is 13.8 Å². The molecule has 0 heterocycles. The van der Waals surface area contributed by atoms with Crippen LogP contribution in [0.25, 0.3) is 0 Å². The van der Waals surface area contributed by atoms with Crippen LogP contribution >= 0.6 is 0 Å². The van der Waals surface area contributed by atoms with Gasteiger partial charge in [-0.05, 0) is 66.6 Å². The third kappa shape index (κ3) is 5.09. The first-order chi connectivity index (χ1) is 16.6. The number of hydrogen-bond acceptors (Lipinski definition) is 8.